The molecule has 0 bridgehead atoms. The highest BCUT2D eigenvalue weighted by molar-refractivity contribution is 5.92. The van der Waals surface area contributed by atoms with E-state index >= 15 is 0 Å². The molecule has 0 atom stereocenters. The number of rotatable bonds is 6. The van der Waals surface area contributed by atoms with Gasteiger partial charge in [0.05, 0.1) is 19.7 Å². The summed E-state index contributed by atoms with van der Waals surface area (Å²) in [6, 6.07) is 6.73. The second-order valence-corrected chi connectivity index (χ2v) is 6.65. The first-order valence-electron chi connectivity index (χ1n) is 9.13. The molecule has 0 saturated heterocycles. The van der Waals surface area contributed by atoms with Gasteiger partial charge in [-0.1, -0.05) is 0 Å². The Labute approximate surface area is 167 Å². The monoisotopic (exact) mass is 400 g/mol. The van der Waals surface area contributed by atoms with Gasteiger partial charge in [-0.2, -0.15) is 0 Å². The van der Waals surface area contributed by atoms with Crippen molar-refractivity contribution in [3.8, 4) is 11.5 Å². The first-order valence-corrected chi connectivity index (χ1v) is 9.13. The van der Waals surface area contributed by atoms with Gasteiger partial charge in [0.1, 0.15) is 23.6 Å². The third-order valence-corrected chi connectivity index (χ3v) is 4.91. The third kappa shape index (κ3) is 3.63. The van der Waals surface area contributed by atoms with E-state index in [0.29, 0.717) is 28.2 Å². The number of anilines is 1. The van der Waals surface area contributed by atoms with Gasteiger partial charge >= 0.3 is 5.69 Å². The Hall–Kier alpha value is -3.49. The van der Waals surface area contributed by atoms with Crippen LogP contribution < -0.4 is 26.0 Å². The van der Waals surface area contributed by atoms with Crippen molar-refractivity contribution >= 4 is 22.6 Å². The van der Waals surface area contributed by atoms with E-state index in [4.69, 9.17) is 9.47 Å². The number of aromatic nitrogens is 3. The lowest BCUT2D eigenvalue weighted by atomic mass is 10.2. The largest absolute Gasteiger partial charge is 0.497 e. The van der Waals surface area contributed by atoms with Crippen LogP contribution in [-0.2, 0) is 24.9 Å². The average molecular weight is 400 g/mol. The highest BCUT2D eigenvalue weighted by Gasteiger charge is 2.18. The maximum absolute atomic E-state index is 12.8. The number of ether oxygens (including phenoxy) is 2. The molecule has 3 rings (SSSR count). The molecule has 9 heteroatoms. The van der Waals surface area contributed by atoms with Crippen molar-refractivity contribution < 1.29 is 14.3 Å². The minimum absolute atomic E-state index is 0.215. The Morgan fingerprint density at radius 3 is 2.21 bits per heavy atom. The van der Waals surface area contributed by atoms with Crippen LogP contribution in [0.2, 0.25) is 0 Å². The number of aryl methyl sites for hydroxylation is 2. The van der Waals surface area contributed by atoms with Crippen LogP contribution in [0.25, 0.3) is 11.0 Å². The second-order valence-electron chi connectivity index (χ2n) is 6.65. The van der Waals surface area contributed by atoms with Crippen LogP contribution in [0.1, 0.15) is 12.6 Å². The van der Waals surface area contributed by atoms with Crippen molar-refractivity contribution in [2.24, 2.45) is 7.05 Å². The van der Waals surface area contributed by atoms with Crippen LogP contribution in [0.3, 0.4) is 0 Å². The number of amides is 1. The van der Waals surface area contributed by atoms with Crippen molar-refractivity contribution in [3.05, 3.63) is 50.8 Å². The highest BCUT2D eigenvalue weighted by atomic mass is 16.5. The lowest BCUT2D eigenvalue weighted by Gasteiger charge is -2.13. The molecule has 2 heterocycles. The molecular weight excluding hydrogens is 376 g/mol. The van der Waals surface area contributed by atoms with Crippen LogP contribution in [0.15, 0.2) is 33.9 Å². The van der Waals surface area contributed by atoms with Crippen LogP contribution >= 0.6 is 0 Å². The second kappa shape index (κ2) is 7.86. The van der Waals surface area contributed by atoms with Gasteiger partial charge < -0.3 is 19.4 Å². The normalized spacial score (nSPS) is 10.9. The Morgan fingerprint density at radius 2 is 1.66 bits per heavy atom. The zero-order valence-electron chi connectivity index (χ0n) is 17.1. The molecule has 1 N–H and O–H groups in total. The van der Waals surface area contributed by atoms with Gasteiger partial charge in [-0.25, -0.2) is 4.79 Å². The van der Waals surface area contributed by atoms with Gasteiger partial charge in [-0.05, 0) is 19.9 Å². The van der Waals surface area contributed by atoms with Crippen LogP contribution in [-0.4, -0.2) is 33.8 Å². The zero-order chi connectivity index (χ0) is 21.3. The summed E-state index contributed by atoms with van der Waals surface area (Å²) in [5, 5.41) is 2.75. The number of hydrogen-bond donors (Lipinski definition) is 1. The van der Waals surface area contributed by atoms with Crippen molar-refractivity contribution in [1.82, 2.24) is 13.7 Å². The maximum Gasteiger partial charge on any atom is 0.332 e. The molecule has 0 aliphatic carbocycles. The summed E-state index contributed by atoms with van der Waals surface area (Å²) in [6.45, 7) is 3.54. The highest BCUT2D eigenvalue weighted by Crippen LogP contribution is 2.25. The third-order valence-electron chi connectivity index (χ3n) is 4.91. The molecule has 0 unspecified atom stereocenters. The van der Waals surface area contributed by atoms with E-state index in [1.807, 2.05) is 6.92 Å². The Morgan fingerprint density at radius 1 is 1.03 bits per heavy atom. The number of hydrogen-bond acceptors (Lipinski definition) is 5. The molecular formula is C20H24N4O5. The SMILES string of the molecule is CCn1c(=O)c2c(cc(C)n2C)n(CC(=O)Nc2cc(OC)cc(OC)c2)c1=O. The maximum atomic E-state index is 12.8. The van der Waals surface area contributed by atoms with Gasteiger partial charge in [0.15, 0.2) is 0 Å². The van der Waals surface area contributed by atoms with E-state index in [1.165, 1.54) is 18.8 Å². The van der Waals surface area contributed by atoms with Crippen molar-refractivity contribution in [1.29, 1.82) is 0 Å². The molecule has 0 spiro atoms. The van der Waals surface area contributed by atoms with Crippen molar-refractivity contribution in [2.45, 2.75) is 26.9 Å². The summed E-state index contributed by atoms with van der Waals surface area (Å²) < 4.78 is 14.6. The molecule has 29 heavy (non-hydrogen) atoms. The summed E-state index contributed by atoms with van der Waals surface area (Å²) in [6.07, 6.45) is 0. The number of carbonyl (C=O) groups is 1. The van der Waals surface area contributed by atoms with Crippen molar-refractivity contribution in [2.75, 3.05) is 19.5 Å². The quantitative estimate of drug-likeness (QED) is 0.676. The number of benzene rings is 1. The molecule has 0 fully saturated rings. The van der Waals surface area contributed by atoms with Gasteiger partial charge in [0, 0.05) is 43.2 Å². The summed E-state index contributed by atoms with van der Waals surface area (Å²) in [7, 11) is 4.79. The standard InChI is InChI=1S/C20H24N4O5/c1-6-23-19(26)18-16(7-12(2)22(18)3)24(20(23)27)11-17(25)21-13-8-14(28-4)10-15(9-13)29-5/h7-10H,6,11H2,1-5H3,(H,21,25). The molecule has 0 saturated carbocycles. The minimum Gasteiger partial charge on any atom is -0.497 e. The van der Waals surface area contributed by atoms with Crippen molar-refractivity contribution in [3.63, 3.8) is 0 Å². The first kappa shape index (κ1) is 20.2. The topological polar surface area (TPSA) is 96.5 Å². The van der Waals surface area contributed by atoms with E-state index in [1.54, 1.807) is 42.8 Å². The summed E-state index contributed by atoms with van der Waals surface area (Å²) in [5.74, 6) is 0.640. The van der Waals surface area contributed by atoms with E-state index in [0.717, 1.165) is 10.3 Å². The van der Waals surface area contributed by atoms with Gasteiger partial charge in [0.2, 0.25) is 5.91 Å². The molecule has 0 aliphatic rings. The number of methoxy groups -OCH3 is 2. The number of carbonyl (C=O) groups excluding carboxylic acids is 1. The molecule has 9 nitrogen and oxygen atoms in total. The fraction of sp³-hybridized carbons (Fsp3) is 0.350. The molecule has 3 aromatic rings. The van der Waals surface area contributed by atoms with Crippen LogP contribution in [0.5, 0.6) is 11.5 Å². The molecule has 154 valence electrons. The lowest BCUT2D eigenvalue weighted by molar-refractivity contribution is -0.116. The predicted octanol–water partition coefficient (Wildman–Crippen LogP) is 1.49. The number of nitrogens with one attached hydrogen (secondary N) is 1. The average Bonchev–Trinajstić information content (AvgIpc) is 3.00. The van der Waals surface area contributed by atoms with E-state index < -0.39 is 11.6 Å². The molecule has 1 amide bonds. The predicted molar refractivity (Wildman–Crippen MR) is 110 cm³/mol. The minimum atomic E-state index is -0.519. The fourth-order valence-corrected chi connectivity index (χ4v) is 3.29. The van der Waals surface area contributed by atoms with Gasteiger partial charge in [0.25, 0.3) is 5.56 Å². The fourth-order valence-electron chi connectivity index (χ4n) is 3.29. The Bertz CT molecular complexity index is 1180. The Kier molecular flexibility index (Phi) is 5.49. The van der Waals surface area contributed by atoms with E-state index in [2.05, 4.69) is 5.32 Å². The van der Waals surface area contributed by atoms with E-state index in [9.17, 15) is 14.4 Å². The van der Waals surface area contributed by atoms with E-state index in [-0.39, 0.29) is 18.6 Å². The summed E-state index contributed by atoms with van der Waals surface area (Å²) in [5.41, 5.74) is 1.23. The van der Waals surface area contributed by atoms with Gasteiger partial charge in [-0.3, -0.25) is 18.7 Å². The number of nitrogens with zero attached hydrogens (tertiary/aromatic N) is 3. The van der Waals surface area contributed by atoms with Crippen LogP contribution in [0, 0.1) is 6.92 Å². The Balaban J connectivity index is 2.02. The number of fused-ring (bicyclic) bond motifs is 1. The lowest BCUT2D eigenvalue weighted by Crippen LogP contribution is -2.41. The molecule has 0 radical (unpaired) electrons. The van der Waals surface area contributed by atoms with Crippen LogP contribution in [0.4, 0.5) is 5.69 Å². The molecule has 2 aromatic heterocycles. The van der Waals surface area contributed by atoms with Gasteiger partial charge in [-0.15, -0.1) is 0 Å². The first-order chi connectivity index (χ1) is 13.8. The molecule has 1 aromatic carbocycles. The summed E-state index contributed by atoms with van der Waals surface area (Å²) >= 11 is 0. The smallest absolute Gasteiger partial charge is 0.332 e. The zero-order valence-corrected chi connectivity index (χ0v) is 17.1. The molecule has 0 aliphatic heterocycles. The summed E-state index contributed by atoms with van der Waals surface area (Å²) in [4.78, 5) is 38.2.